The third kappa shape index (κ3) is 6.50. The zero-order chi connectivity index (χ0) is 18.4. The maximum absolute atomic E-state index is 10.2. The molecule has 0 fully saturated rings. The number of nitrogens with zero attached hydrogens (tertiary/aromatic N) is 1. The molecule has 0 bridgehead atoms. The van der Waals surface area contributed by atoms with Gasteiger partial charge in [-0.3, -0.25) is 4.99 Å². The fourth-order valence-corrected chi connectivity index (χ4v) is 2.91. The number of ether oxygens (including phenoxy) is 1. The Morgan fingerprint density at radius 2 is 2.00 bits per heavy atom. The zero-order valence-electron chi connectivity index (χ0n) is 14.4. The fraction of sp³-hybridized carbons (Fsp3) is 0.278. The van der Waals surface area contributed by atoms with E-state index in [2.05, 4.69) is 10.3 Å². The van der Waals surface area contributed by atoms with Crippen LogP contribution in [-0.2, 0) is 0 Å². The Morgan fingerprint density at radius 3 is 2.65 bits per heavy atom. The molecule has 0 saturated carbocycles. The highest BCUT2D eigenvalue weighted by atomic mass is 127. The summed E-state index contributed by atoms with van der Waals surface area (Å²) in [5.41, 5.74) is 7.48. The van der Waals surface area contributed by atoms with Gasteiger partial charge in [0, 0.05) is 10.0 Å². The van der Waals surface area contributed by atoms with E-state index in [4.69, 9.17) is 33.7 Å². The molecule has 0 saturated heterocycles. The number of benzene rings is 2. The second-order valence-corrected chi connectivity index (χ2v) is 6.39. The summed E-state index contributed by atoms with van der Waals surface area (Å²) in [6, 6.07) is 12.3. The van der Waals surface area contributed by atoms with Crippen molar-refractivity contribution in [2.75, 3.05) is 13.7 Å². The van der Waals surface area contributed by atoms with E-state index < -0.39 is 6.10 Å². The molecule has 2 unspecified atom stereocenters. The van der Waals surface area contributed by atoms with Crippen molar-refractivity contribution in [3.8, 4) is 5.75 Å². The normalized spacial score (nSPS) is 13.5. The number of halogens is 3. The quantitative estimate of drug-likeness (QED) is 0.308. The third-order valence-electron chi connectivity index (χ3n) is 3.71. The topological polar surface area (TPSA) is 79.9 Å². The molecule has 0 aromatic heterocycles. The predicted octanol–water partition coefficient (Wildman–Crippen LogP) is 4.32. The van der Waals surface area contributed by atoms with Gasteiger partial charge in [0.25, 0.3) is 0 Å². The van der Waals surface area contributed by atoms with Gasteiger partial charge in [0.05, 0.1) is 25.8 Å². The van der Waals surface area contributed by atoms with Crippen molar-refractivity contribution in [1.29, 1.82) is 0 Å². The summed E-state index contributed by atoms with van der Waals surface area (Å²) in [6.45, 7) is 2.04. The molecule has 0 spiro atoms. The van der Waals surface area contributed by atoms with Crippen LogP contribution < -0.4 is 15.8 Å². The SMILES string of the molecule is COc1cccc(C(O)CN=C(N)NC(C)c2ccc(Cl)cc2Cl)c1.I. The van der Waals surface area contributed by atoms with Crippen molar-refractivity contribution in [2.24, 2.45) is 10.7 Å². The van der Waals surface area contributed by atoms with Crippen LogP contribution in [0.5, 0.6) is 5.75 Å². The molecule has 8 heteroatoms. The van der Waals surface area contributed by atoms with Gasteiger partial charge in [-0.25, -0.2) is 0 Å². The average molecular weight is 510 g/mol. The summed E-state index contributed by atoms with van der Waals surface area (Å²) in [7, 11) is 1.58. The number of nitrogens with two attached hydrogens (primary N) is 1. The van der Waals surface area contributed by atoms with Crippen LogP contribution in [0.1, 0.15) is 30.2 Å². The van der Waals surface area contributed by atoms with E-state index >= 15 is 0 Å². The number of aliphatic hydroxyl groups is 1. The minimum atomic E-state index is -0.773. The number of rotatable bonds is 6. The third-order valence-corrected chi connectivity index (χ3v) is 4.27. The van der Waals surface area contributed by atoms with Crippen molar-refractivity contribution in [3.05, 3.63) is 63.6 Å². The number of methoxy groups -OCH3 is 1. The molecular formula is C18H22Cl2IN3O2. The molecule has 5 nitrogen and oxygen atoms in total. The van der Waals surface area contributed by atoms with Crippen LogP contribution in [0.3, 0.4) is 0 Å². The van der Waals surface area contributed by atoms with Crippen molar-refractivity contribution in [1.82, 2.24) is 5.32 Å². The van der Waals surface area contributed by atoms with Gasteiger partial charge in [0.2, 0.25) is 0 Å². The molecule has 2 aromatic rings. The van der Waals surface area contributed by atoms with Crippen LogP contribution >= 0.6 is 47.2 Å². The van der Waals surface area contributed by atoms with Gasteiger partial charge in [-0.15, -0.1) is 24.0 Å². The van der Waals surface area contributed by atoms with Crippen molar-refractivity contribution in [3.63, 3.8) is 0 Å². The lowest BCUT2D eigenvalue weighted by Crippen LogP contribution is -2.34. The number of guanidine groups is 1. The van der Waals surface area contributed by atoms with Crippen LogP contribution in [0.15, 0.2) is 47.5 Å². The molecule has 0 aliphatic carbocycles. The van der Waals surface area contributed by atoms with E-state index in [0.717, 1.165) is 5.56 Å². The molecule has 4 N–H and O–H groups in total. The van der Waals surface area contributed by atoms with Crippen molar-refractivity contribution in [2.45, 2.75) is 19.1 Å². The van der Waals surface area contributed by atoms with E-state index in [1.165, 1.54) is 0 Å². The first kappa shape index (κ1) is 22.8. The Morgan fingerprint density at radius 1 is 1.27 bits per heavy atom. The Labute approximate surface area is 180 Å². The van der Waals surface area contributed by atoms with Crippen LogP contribution in [-0.4, -0.2) is 24.7 Å². The molecule has 0 radical (unpaired) electrons. The van der Waals surface area contributed by atoms with Gasteiger partial charge in [-0.05, 0) is 42.3 Å². The minimum Gasteiger partial charge on any atom is -0.497 e. The van der Waals surface area contributed by atoms with Gasteiger partial charge in [0.1, 0.15) is 5.75 Å². The van der Waals surface area contributed by atoms with E-state index in [1.807, 2.05) is 31.2 Å². The highest BCUT2D eigenvalue weighted by Gasteiger charge is 2.12. The first-order valence-corrected chi connectivity index (χ1v) is 8.49. The number of aliphatic imine (C=N–C) groups is 1. The number of hydrogen-bond acceptors (Lipinski definition) is 3. The zero-order valence-corrected chi connectivity index (χ0v) is 18.3. The number of nitrogens with one attached hydrogen (secondary N) is 1. The van der Waals surface area contributed by atoms with Crippen LogP contribution in [0.2, 0.25) is 10.0 Å². The molecule has 142 valence electrons. The maximum atomic E-state index is 10.2. The van der Waals surface area contributed by atoms with E-state index in [9.17, 15) is 5.11 Å². The van der Waals surface area contributed by atoms with Crippen LogP contribution in [0.4, 0.5) is 0 Å². The monoisotopic (exact) mass is 509 g/mol. The summed E-state index contributed by atoms with van der Waals surface area (Å²) in [5.74, 6) is 0.901. The van der Waals surface area contributed by atoms with Gasteiger partial charge in [-0.1, -0.05) is 41.4 Å². The molecule has 0 aliphatic rings. The minimum absolute atomic E-state index is 0. The molecule has 2 rings (SSSR count). The van der Waals surface area contributed by atoms with Gasteiger partial charge in [-0.2, -0.15) is 0 Å². The van der Waals surface area contributed by atoms with Gasteiger partial charge in [0.15, 0.2) is 5.96 Å². The number of aliphatic hydroxyl groups excluding tert-OH is 1. The second-order valence-electron chi connectivity index (χ2n) is 5.55. The van der Waals surface area contributed by atoms with Crippen LogP contribution in [0.25, 0.3) is 0 Å². The summed E-state index contributed by atoms with van der Waals surface area (Å²) in [6.07, 6.45) is -0.773. The Kier molecular flexibility index (Phi) is 9.49. The smallest absolute Gasteiger partial charge is 0.189 e. The summed E-state index contributed by atoms with van der Waals surface area (Å²) in [4.78, 5) is 4.19. The van der Waals surface area contributed by atoms with Crippen LogP contribution in [0, 0.1) is 0 Å². The molecule has 0 aliphatic heterocycles. The van der Waals surface area contributed by atoms with E-state index in [0.29, 0.717) is 21.4 Å². The number of hydrogen-bond donors (Lipinski definition) is 3. The fourth-order valence-electron chi connectivity index (χ4n) is 2.34. The lowest BCUT2D eigenvalue weighted by Gasteiger charge is -2.17. The Bertz CT molecular complexity index is 759. The molecule has 0 amide bonds. The van der Waals surface area contributed by atoms with E-state index in [1.54, 1.807) is 25.3 Å². The lowest BCUT2D eigenvalue weighted by molar-refractivity contribution is 0.186. The molecular weight excluding hydrogens is 488 g/mol. The first-order valence-electron chi connectivity index (χ1n) is 7.74. The highest BCUT2D eigenvalue weighted by molar-refractivity contribution is 14.0. The molecule has 2 atom stereocenters. The summed E-state index contributed by atoms with van der Waals surface area (Å²) < 4.78 is 5.15. The lowest BCUT2D eigenvalue weighted by atomic mass is 10.1. The predicted molar refractivity (Wildman–Crippen MR) is 118 cm³/mol. The van der Waals surface area contributed by atoms with Crippen molar-refractivity contribution >= 4 is 53.1 Å². The Hall–Kier alpha value is -1.22. The Balaban J connectivity index is 0.00000338. The van der Waals surface area contributed by atoms with Crippen molar-refractivity contribution < 1.29 is 9.84 Å². The first-order chi connectivity index (χ1) is 11.9. The molecule has 0 heterocycles. The average Bonchev–Trinajstić information content (AvgIpc) is 2.59. The van der Waals surface area contributed by atoms with E-state index in [-0.39, 0.29) is 42.5 Å². The molecule has 26 heavy (non-hydrogen) atoms. The molecule has 2 aromatic carbocycles. The highest BCUT2D eigenvalue weighted by Crippen LogP contribution is 2.26. The second kappa shape index (κ2) is 10.8. The van der Waals surface area contributed by atoms with Gasteiger partial charge >= 0.3 is 0 Å². The summed E-state index contributed by atoms with van der Waals surface area (Å²) in [5, 5.41) is 14.4. The maximum Gasteiger partial charge on any atom is 0.189 e. The standard InChI is InChI=1S/C18H21Cl2N3O2.HI/c1-11(15-7-6-13(19)9-16(15)20)23-18(21)22-10-17(24)12-4-3-5-14(8-12)25-2;/h3-9,11,17,24H,10H2,1-2H3,(H3,21,22,23);1H. The largest absolute Gasteiger partial charge is 0.497 e. The summed E-state index contributed by atoms with van der Waals surface area (Å²) >= 11 is 12.1. The van der Waals surface area contributed by atoms with Gasteiger partial charge < -0.3 is 20.9 Å².